The second kappa shape index (κ2) is 33.0. The highest BCUT2D eigenvalue weighted by atomic mass is 79.9. The maximum Gasteiger partial charge on any atom is 0.330 e. The van der Waals surface area contributed by atoms with E-state index in [0.717, 1.165) is 65.1 Å². The third-order valence-electron chi connectivity index (χ3n) is 18.8. The lowest BCUT2D eigenvalue weighted by molar-refractivity contribution is -0.329. The number of amides is 7. The summed E-state index contributed by atoms with van der Waals surface area (Å²) in [6.07, 6.45) is -17.7. The molecule has 108 heavy (non-hydrogen) atoms. The number of carboxylic acids is 1. The van der Waals surface area contributed by atoms with Gasteiger partial charge < -0.3 is 123 Å². The van der Waals surface area contributed by atoms with Gasteiger partial charge in [-0.3, -0.25) is 33.6 Å². The van der Waals surface area contributed by atoms with Crippen LogP contribution in [0.1, 0.15) is 105 Å². The number of aliphatic hydroxyl groups excluding tert-OH is 5. The van der Waals surface area contributed by atoms with Crippen LogP contribution >= 0.6 is 50.9 Å². The molecule has 9 unspecified atom stereocenters. The number of ether oxygens (including phenoxy) is 6. The Morgan fingerprint density at radius 3 is 1.93 bits per heavy atom. The van der Waals surface area contributed by atoms with Gasteiger partial charge in [-0.1, -0.05) is 71.2 Å². The summed E-state index contributed by atoms with van der Waals surface area (Å²) in [6, 6.07) is 6.82. The number of hydrogen-bond acceptors (Lipinski definition) is 25. The van der Waals surface area contributed by atoms with Crippen LogP contribution in [0.4, 0.5) is 0 Å². The molecular formula is C72H78BrCl2N9O23S. The molecule has 0 aliphatic carbocycles. The van der Waals surface area contributed by atoms with Gasteiger partial charge in [0.05, 0.1) is 40.8 Å². The molecule has 13 rings (SSSR count). The molecule has 18 atom stereocenters. The van der Waals surface area contributed by atoms with E-state index in [2.05, 4.69) is 53.1 Å². The average molecular weight is 1620 g/mol. The Hall–Kier alpha value is -9.11. The third-order valence-corrected chi connectivity index (χ3v) is 21.0. The maximum atomic E-state index is 16.2. The predicted octanol–water partition coefficient (Wildman–Crippen LogP) is 3.67. The summed E-state index contributed by atoms with van der Waals surface area (Å²) in [6.45, 7) is 6.72. The number of phenols is 3. The molecule has 0 aromatic heterocycles. The van der Waals surface area contributed by atoms with Crippen molar-refractivity contribution in [3.8, 4) is 57.1 Å². The highest BCUT2D eigenvalue weighted by molar-refractivity contribution is 9.10. The van der Waals surface area contributed by atoms with E-state index in [9.17, 15) is 69.9 Å². The number of benzene rings is 6. The summed E-state index contributed by atoms with van der Waals surface area (Å²) in [5.74, 6) is -15.7. The Kier molecular flexibility index (Phi) is 24.4. The number of halogens is 3. The van der Waals surface area contributed by atoms with Gasteiger partial charge in [0.1, 0.15) is 83.4 Å². The standard InChI is InChI=1S/C72H78BrCl2N9O23S/c1-27(2)16-40(78-5)64(94)83-55-57(89)30-7-14-44(38(74)18-30)103-46-20-32-21-47(61(46)107-71-62(106-50-25-72(4,77)63(93)28(3)102-50)60(92)59(91)48(105-71)26-108-35-11-9-33(73)10-12-35)104-45-15-8-31(19-39(45)75)58(90)56-69(99)82-54(70(100)101)37-22-34(85)23-43(87)51(37)36-17-29(6-13-42(36)86)52(66(96)84-56)81-67(97)53(32)80-65(95)41(24-49(76)88)79-68(55)98/h6-15,17-23,27-28,40-41,48,50,52-60,62-63,71,78,85-87,89-93H,16,24-26,77H2,1-5H3,(H2,76,88)(H,79,98)(H,80,95)(H,81,97)(H,82,99)(H,83,94)(H,84,96)(H,100,101)/t28?,40-,41-,48?,50?,52+,53+,54+,55+,56-,57+,58+,59?,60?,62?,63?,71?,72?/m0/s1. The second-order valence-electron chi connectivity index (χ2n) is 27.3. The number of nitrogens with one attached hydrogen (secondary N) is 7. The number of rotatable bonds is 15. The van der Waals surface area contributed by atoms with Crippen LogP contribution in [0.3, 0.4) is 0 Å². The van der Waals surface area contributed by atoms with Crippen LogP contribution in [0.2, 0.25) is 10.0 Å². The summed E-state index contributed by atoms with van der Waals surface area (Å²) in [5, 5.41) is 122. The minimum Gasteiger partial charge on any atom is -0.508 e. The van der Waals surface area contributed by atoms with E-state index in [0.29, 0.717) is 4.90 Å². The Labute approximate surface area is 638 Å². The lowest BCUT2D eigenvalue weighted by Crippen LogP contribution is -2.64. The van der Waals surface area contributed by atoms with Crippen molar-refractivity contribution < 1.29 is 113 Å². The Morgan fingerprint density at radius 1 is 0.713 bits per heavy atom. The summed E-state index contributed by atoms with van der Waals surface area (Å²) >= 11 is 18.9. The summed E-state index contributed by atoms with van der Waals surface area (Å²) in [5.41, 5.74) is 8.27. The first kappa shape index (κ1) is 79.9. The van der Waals surface area contributed by atoms with Crippen molar-refractivity contribution in [2.45, 2.75) is 161 Å². The molecule has 7 heterocycles. The number of fused-ring (bicyclic) bond motifs is 15. The van der Waals surface area contributed by atoms with Gasteiger partial charge in [-0.15, -0.1) is 11.8 Å². The van der Waals surface area contributed by atoms with E-state index in [1.54, 1.807) is 31.2 Å². The molecule has 11 bridgehead atoms. The number of carboxylic acid groups (broad SMARTS) is 1. The van der Waals surface area contributed by atoms with E-state index in [1.165, 1.54) is 43.9 Å². The molecule has 7 amide bonds. The van der Waals surface area contributed by atoms with E-state index >= 15 is 14.4 Å². The number of aliphatic hydroxyl groups is 5. The van der Waals surface area contributed by atoms with Crippen molar-refractivity contribution in [1.82, 2.24) is 37.2 Å². The lowest BCUT2D eigenvalue weighted by Gasteiger charge is -2.47. The lowest BCUT2D eigenvalue weighted by atomic mass is 9.86. The van der Waals surface area contributed by atoms with Gasteiger partial charge in [-0.25, -0.2) is 4.79 Å². The summed E-state index contributed by atoms with van der Waals surface area (Å²) in [7, 11) is 1.48. The minimum atomic E-state index is -2.33. The van der Waals surface area contributed by atoms with Crippen LogP contribution in [-0.4, -0.2) is 185 Å². The number of aliphatic carboxylic acids is 1. The summed E-state index contributed by atoms with van der Waals surface area (Å²) in [4.78, 5) is 118. The van der Waals surface area contributed by atoms with Gasteiger partial charge in [0.15, 0.2) is 29.9 Å². The van der Waals surface area contributed by atoms with Crippen molar-refractivity contribution in [2.75, 3.05) is 12.8 Å². The fraction of sp³-hybridized carbons (Fsp3) is 0.389. The second-order valence-corrected chi connectivity index (χ2v) is 30.1. The smallest absolute Gasteiger partial charge is 0.330 e. The largest absolute Gasteiger partial charge is 0.508 e. The van der Waals surface area contributed by atoms with Gasteiger partial charge in [-0.05, 0) is 134 Å². The van der Waals surface area contributed by atoms with Crippen LogP contribution in [0.25, 0.3) is 11.1 Å². The average Bonchev–Trinajstić information content (AvgIpc) is 0.767. The Morgan fingerprint density at radius 2 is 1.32 bits per heavy atom. The van der Waals surface area contributed by atoms with Gasteiger partial charge in [-0.2, -0.15) is 0 Å². The molecular weight excluding hydrogens is 1540 g/mol. The Balaban J connectivity index is 1.16. The molecule has 20 N–H and O–H groups in total. The van der Waals surface area contributed by atoms with Crippen LogP contribution in [0.5, 0.6) is 46.0 Å². The SMILES string of the molecule is CN[C@@H](CC(C)C)C(=O)N[C@H]1C(=O)N[C@@H](CC(N)=O)C(=O)N[C@H]2C(=O)N[C@H]3C(=O)N[C@H](C(=O)N[C@@H](C(=O)O)c4cc(O)cc(O)c4-c4cc3ccc4O)[C@H](O)c3ccc(c(Cl)c3)Oc3cc2cc(c3OC2OC(CSc3ccc(Br)cc3)C(O)C(O)C2OC2CC(C)(N)C(O)C(C)O2)Oc2ccc(cc2Cl)[C@H]1O. The fourth-order valence-electron chi connectivity index (χ4n) is 13.2. The highest BCUT2D eigenvalue weighted by Crippen LogP contribution is 2.50. The molecule has 6 aromatic carbocycles. The molecule has 7 aliphatic heterocycles. The zero-order chi connectivity index (χ0) is 78.2. The van der Waals surface area contributed by atoms with E-state index in [4.69, 9.17) is 63.1 Å². The molecule has 0 spiro atoms. The van der Waals surface area contributed by atoms with Crippen LogP contribution in [-0.2, 0) is 52.6 Å². The number of thioether (sulfide) groups is 1. The monoisotopic (exact) mass is 1620 g/mol. The topological polar surface area (TPSA) is 510 Å². The van der Waals surface area contributed by atoms with Gasteiger partial charge in [0, 0.05) is 49.8 Å². The van der Waals surface area contributed by atoms with Crippen molar-refractivity contribution in [3.63, 3.8) is 0 Å². The van der Waals surface area contributed by atoms with Crippen molar-refractivity contribution >= 4 is 98.2 Å². The van der Waals surface area contributed by atoms with E-state index in [1.807, 2.05) is 13.8 Å². The zero-order valence-corrected chi connectivity index (χ0v) is 61.9. The van der Waals surface area contributed by atoms with Gasteiger partial charge in [0.2, 0.25) is 53.4 Å². The van der Waals surface area contributed by atoms with Crippen LogP contribution in [0.15, 0.2) is 112 Å². The Bertz CT molecular complexity index is 4490. The normalized spacial score (nSPS) is 28.3. The van der Waals surface area contributed by atoms with Gasteiger partial charge in [0.25, 0.3) is 0 Å². The molecule has 0 radical (unpaired) electrons. The summed E-state index contributed by atoms with van der Waals surface area (Å²) < 4.78 is 40.4. The number of carbonyl (C=O) groups is 8. The first-order valence-electron chi connectivity index (χ1n) is 33.8. The number of carbonyl (C=O) groups excluding carboxylic acids is 7. The molecule has 6 aromatic rings. The third kappa shape index (κ3) is 17.5. The van der Waals surface area contributed by atoms with Crippen molar-refractivity contribution in [3.05, 3.63) is 145 Å². The van der Waals surface area contributed by atoms with E-state index in [-0.39, 0.29) is 57.7 Å². The molecule has 576 valence electrons. The van der Waals surface area contributed by atoms with Crippen LogP contribution in [0, 0.1) is 5.92 Å². The quantitative estimate of drug-likeness (QED) is 0.0652. The number of hydrogen-bond donors (Lipinski definition) is 18. The van der Waals surface area contributed by atoms with Crippen molar-refractivity contribution in [2.24, 2.45) is 17.4 Å². The minimum absolute atomic E-state index is 0.0799. The molecule has 36 heteroatoms. The molecule has 32 nitrogen and oxygen atoms in total. The number of likely N-dealkylation sites (N-methyl/N-ethyl adjacent to an activating group) is 1. The first-order chi connectivity index (χ1) is 51.1. The zero-order valence-electron chi connectivity index (χ0n) is 58.0. The molecule has 0 saturated carbocycles. The number of phenolic OH excluding ortho intramolecular Hbond substituents is 3. The predicted molar refractivity (Wildman–Crippen MR) is 387 cm³/mol. The maximum absolute atomic E-state index is 16.2. The van der Waals surface area contributed by atoms with Gasteiger partial charge >= 0.3 is 5.97 Å². The van der Waals surface area contributed by atoms with Crippen LogP contribution < -0.4 is 62.9 Å². The fourth-order valence-corrected chi connectivity index (χ4v) is 14.9. The van der Waals surface area contributed by atoms with E-state index < -0.39 is 225 Å². The molecule has 7 aliphatic rings. The first-order valence-corrected chi connectivity index (χ1v) is 36.3. The molecule has 2 saturated heterocycles. The number of nitrogens with two attached hydrogens (primary N) is 2. The molecule has 2 fully saturated rings. The highest BCUT2D eigenvalue weighted by Gasteiger charge is 2.52. The number of aromatic hydroxyl groups is 3. The van der Waals surface area contributed by atoms with Crippen molar-refractivity contribution in [1.29, 1.82) is 0 Å². The number of primary amides is 1.